The van der Waals surface area contributed by atoms with Crippen molar-refractivity contribution in [2.45, 2.75) is 298 Å². The highest BCUT2D eigenvalue weighted by atomic mass is 16.6. The molecule has 0 aromatic heterocycles. The molecule has 6 nitrogen and oxygen atoms in total. The van der Waals surface area contributed by atoms with Crippen molar-refractivity contribution < 1.29 is 28.6 Å². The second-order valence-corrected chi connectivity index (χ2v) is 19.9. The molecule has 0 aliphatic rings. The van der Waals surface area contributed by atoms with Crippen LogP contribution < -0.4 is 0 Å². The summed E-state index contributed by atoms with van der Waals surface area (Å²) in [5.41, 5.74) is 0. The molecule has 356 valence electrons. The normalized spacial score (nSPS) is 12.2. The molecule has 0 aromatic rings. The first-order valence-electron chi connectivity index (χ1n) is 26.6. The zero-order valence-corrected chi connectivity index (χ0v) is 41.3. The summed E-state index contributed by atoms with van der Waals surface area (Å²) in [5.74, 6) is 1.62. The van der Waals surface area contributed by atoms with E-state index in [2.05, 4.69) is 41.5 Å². The molecule has 0 saturated carbocycles. The van der Waals surface area contributed by atoms with E-state index in [0.29, 0.717) is 19.3 Å². The molecule has 0 unspecified atom stereocenters. The minimum absolute atomic E-state index is 0.0646. The molecule has 0 radical (unpaired) electrons. The van der Waals surface area contributed by atoms with E-state index in [1.165, 1.54) is 173 Å². The van der Waals surface area contributed by atoms with Crippen LogP contribution in [0.15, 0.2) is 0 Å². The van der Waals surface area contributed by atoms with Gasteiger partial charge in [0.2, 0.25) is 0 Å². The average molecular weight is 849 g/mol. The second kappa shape index (κ2) is 45.4. The summed E-state index contributed by atoms with van der Waals surface area (Å²) >= 11 is 0. The summed E-state index contributed by atoms with van der Waals surface area (Å²) in [4.78, 5) is 38.0. The van der Waals surface area contributed by atoms with Crippen molar-refractivity contribution in [3.8, 4) is 0 Å². The Balaban J connectivity index is 4.32. The molecular weight excluding hydrogens is 745 g/mol. The average Bonchev–Trinajstić information content (AvgIpc) is 3.20. The lowest BCUT2D eigenvalue weighted by molar-refractivity contribution is -0.167. The standard InChI is InChI=1S/C54H104O6/c1-48(2)40-34-28-22-16-11-8-7-9-13-20-27-33-39-45-54(57)60-51(47-59-53(56)44-38-32-26-21-15-18-24-30-36-42-50(5)6)46-58-52(55)43-37-31-25-19-14-10-12-17-23-29-35-41-49(3)4/h48-51H,7-47H2,1-6H3/t51-/m1/s1. The van der Waals surface area contributed by atoms with Crippen LogP contribution >= 0.6 is 0 Å². The number of hydrogen-bond acceptors (Lipinski definition) is 6. The Morgan fingerprint density at radius 2 is 0.483 bits per heavy atom. The minimum Gasteiger partial charge on any atom is -0.462 e. The summed E-state index contributed by atoms with van der Waals surface area (Å²) in [5, 5.41) is 0. The van der Waals surface area contributed by atoms with Gasteiger partial charge < -0.3 is 14.2 Å². The first-order valence-corrected chi connectivity index (χ1v) is 26.6. The predicted octanol–water partition coefficient (Wildman–Crippen LogP) is 17.2. The van der Waals surface area contributed by atoms with E-state index in [9.17, 15) is 14.4 Å². The Morgan fingerprint density at radius 3 is 0.717 bits per heavy atom. The van der Waals surface area contributed by atoms with Gasteiger partial charge in [0.05, 0.1) is 0 Å². The molecule has 0 bridgehead atoms. The number of carbonyl (C=O) groups is 3. The topological polar surface area (TPSA) is 78.9 Å². The Hall–Kier alpha value is -1.59. The first kappa shape index (κ1) is 58.4. The monoisotopic (exact) mass is 849 g/mol. The number of ether oxygens (including phenoxy) is 3. The van der Waals surface area contributed by atoms with E-state index in [4.69, 9.17) is 14.2 Å². The summed E-state index contributed by atoms with van der Waals surface area (Å²) in [6.07, 6.45) is 45.2. The fraction of sp³-hybridized carbons (Fsp3) is 0.944. The molecular formula is C54H104O6. The van der Waals surface area contributed by atoms with Gasteiger partial charge in [-0.3, -0.25) is 14.4 Å². The second-order valence-electron chi connectivity index (χ2n) is 19.9. The molecule has 0 N–H and O–H groups in total. The molecule has 0 fully saturated rings. The third-order valence-electron chi connectivity index (χ3n) is 12.1. The number of carbonyl (C=O) groups excluding carboxylic acids is 3. The molecule has 60 heavy (non-hydrogen) atoms. The van der Waals surface area contributed by atoms with E-state index >= 15 is 0 Å². The number of esters is 3. The maximum Gasteiger partial charge on any atom is 0.306 e. The van der Waals surface area contributed by atoms with E-state index in [1.807, 2.05) is 0 Å². The third-order valence-corrected chi connectivity index (χ3v) is 12.1. The van der Waals surface area contributed by atoms with Crippen LogP contribution in [0.1, 0.15) is 292 Å². The van der Waals surface area contributed by atoms with E-state index in [-0.39, 0.29) is 31.1 Å². The zero-order chi connectivity index (χ0) is 44.2. The summed E-state index contributed by atoms with van der Waals surface area (Å²) < 4.78 is 16.8. The lowest BCUT2D eigenvalue weighted by Crippen LogP contribution is -2.30. The van der Waals surface area contributed by atoms with Gasteiger partial charge in [0.25, 0.3) is 0 Å². The molecule has 0 amide bonds. The first-order chi connectivity index (χ1) is 29.1. The zero-order valence-electron chi connectivity index (χ0n) is 41.3. The third kappa shape index (κ3) is 47.5. The predicted molar refractivity (Wildman–Crippen MR) is 256 cm³/mol. The van der Waals surface area contributed by atoms with Crippen LogP contribution in [-0.2, 0) is 28.6 Å². The summed E-state index contributed by atoms with van der Waals surface area (Å²) in [7, 11) is 0. The van der Waals surface area contributed by atoms with Gasteiger partial charge in [-0.2, -0.15) is 0 Å². The van der Waals surface area contributed by atoms with Crippen molar-refractivity contribution in [2.24, 2.45) is 17.8 Å². The largest absolute Gasteiger partial charge is 0.462 e. The van der Waals surface area contributed by atoms with E-state index in [1.54, 1.807) is 0 Å². The highest BCUT2D eigenvalue weighted by Gasteiger charge is 2.19. The molecule has 0 heterocycles. The number of unbranched alkanes of at least 4 members (excludes halogenated alkanes) is 30. The number of rotatable bonds is 47. The van der Waals surface area contributed by atoms with Gasteiger partial charge in [-0.05, 0) is 37.0 Å². The van der Waals surface area contributed by atoms with Crippen LogP contribution in [0, 0.1) is 17.8 Å². The van der Waals surface area contributed by atoms with Crippen LogP contribution in [0.4, 0.5) is 0 Å². The van der Waals surface area contributed by atoms with E-state index < -0.39 is 6.10 Å². The molecule has 6 heteroatoms. The minimum atomic E-state index is -0.763. The Bertz CT molecular complexity index is 929. The lowest BCUT2D eigenvalue weighted by atomic mass is 10.0. The van der Waals surface area contributed by atoms with Crippen molar-refractivity contribution in [1.29, 1.82) is 0 Å². The molecule has 0 rings (SSSR count). The molecule has 0 spiro atoms. The van der Waals surface area contributed by atoms with Gasteiger partial charge in [-0.15, -0.1) is 0 Å². The molecule has 0 aliphatic carbocycles. The van der Waals surface area contributed by atoms with Crippen molar-refractivity contribution in [2.75, 3.05) is 13.2 Å². The smallest absolute Gasteiger partial charge is 0.306 e. The van der Waals surface area contributed by atoms with Crippen molar-refractivity contribution in [3.05, 3.63) is 0 Å². The Morgan fingerprint density at radius 1 is 0.283 bits per heavy atom. The lowest BCUT2D eigenvalue weighted by Gasteiger charge is -2.18. The van der Waals surface area contributed by atoms with Crippen molar-refractivity contribution >= 4 is 17.9 Å². The van der Waals surface area contributed by atoms with Gasteiger partial charge in [-0.1, -0.05) is 253 Å². The molecule has 0 saturated heterocycles. The Labute approximate surface area is 374 Å². The fourth-order valence-electron chi connectivity index (χ4n) is 8.12. The van der Waals surface area contributed by atoms with Crippen molar-refractivity contribution in [3.63, 3.8) is 0 Å². The quantitative estimate of drug-likeness (QED) is 0.0345. The maximum atomic E-state index is 12.8. The van der Waals surface area contributed by atoms with Crippen LogP contribution in [0.5, 0.6) is 0 Å². The summed E-state index contributed by atoms with van der Waals surface area (Å²) in [6.45, 7) is 13.7. The van der Waals surface area contributed by atoms with Crippen LogP contribution in [0.2, 0.25) is 0 Å². The van der Waals surface area contributed by atoms with Gasteiger partial charge in [-0.25, -0.2) is 0 Å². The maximum absolute atomic E-state index is 12.8. The SMILES string of the molecule is CC(C)CCCCCCCCCCCCCCCC(=O)O[C@H](COC(=O)CCCCCCCCCCCCCC(C)C)COC(=O)CCCCCCCCCCCC(C)C. The summed E-state index contributed by atoms with van der Waals surface area (Å²) in [6, 6.07) is 0. The van der Waals surface area contributed by atoms with Crippen LogP contribution in [0.3, 0.4) is 0 Å². The Kier molecular flexibility index (Phi) is 44.2. The van der Waals surface area contributed by atoms with Crippen LogP contribution in [0.25, 0.3) is 0 Å². The fourth-order valence-corrected chi connectivity index (χ4v) is 8.12. The number of hydrogen-bond donors (Lipinski definition) is 0. The highest BCUT2D eigenvalue weighted by molar-refractivity contribution is 5.71. The van der Waals surface area contributed by atoms with Gasteiger partial charge in [0.15, 0.2) is 6.10 Å². The van der Waals surface area contributed by atoms with Crippen LogP contribution in [-0.4, -0.2) is 37.2 Å². The van der Waals surface area contributed by atoms with Crippen molar-refractivity contribution in [1.82, 2.24) is 0 Å². The molecule has 1 atom stereocenters. The molecule has 0 aliphatic heterocycles. The highest BCUT2D eigenvalue weighted by Crippen LogP contribution is 2.18. The van der Waals surface area contributed by atoms with Gasteiger partial charge >= 0.3 is 17.9 Å². The van der Waals surface area contributed by atoms with Gasteiger partial charge in [0.1, 0.15) is 13.2 Å². The van der Waals surface area contributed by atoms with E-state index in [0.717, 1.165) is 75.5 Å². The van der Waals surface area contributed by atoms with Gasteiger partial charge in [0, 0.05) is 19.3 Å². The molecule has 0 aromatic carbocycles.